The molecule has 6 aromatic carbocycles. The number of fused-ring (bicyclic) bond motifs is 9. The maximum Gasteiger partial charge on any atom is 0.0518 e. The van der Waals surface area contributed by atoms with E-state index >= 15 is 0 Å². The lowest BCUT2D eigenvalue weighted by Gasteiger charge is -2.56. The molecule has 0 N–H and O–H groups in total. The van der Waals surface area contributed by atoms with Crippen LogP contribution in [-0.2, 0) is 16.2 Å². The summed E-state index contributed by atoms with van der Waals surface area (Å²) in [5.41, 5.74) is 19.6. The number of rotatable bonds is 4. The highest BCUT2D eigenvalue weighted by Gasteiger charge is 2.64. The minimum atomic E-state index is -0.102. The molecule has 2 heterocycles. The van der Waals surface area contributed by atoms with Crippen LogP contribution in [0.1, 0.15) is 89.5 Å². The van der Waals surface area contributed by atoms with Crippen LogP contribution >= 0.6 is 0 Å². The van der Waals surface area contributed by atoms with Crippen molar-refractivity contribution in [3.05, 3.63) is 156 Å². The molecule has 2 saturated carbocycles. The predicted molar refractivity (Wildman–Crippen MR) is 222 cm³/mol. The van der Waals surface area contributed by atoms with Crippen LogP contribution in [0.25, 0.3) is 33.4 Å². The highest BCUT2D eigenvalue weighted by atomic mass is 15.3. The van der Waals surface area contributed by atoms with Crippen molar-refractivity contribution in [1.82, 2.24) is 0 Å². The molecule has 262 valence electrons. The van der Waals surface area contributed by atoms with Gasteiger partial charge in [0.1, 0.15) is 0 Å². The Bertz CT molecular complexity index is 2340. The molecule has 3 aliphatic carbocycles. The van der Waals surface area contributed by atoms with Crippen LogP contribution in [0.15, 0.2) is 133 Å². The van der Waals surface area contributed by atoms with Crippen molar-refractivity contribution >= 4 is 22.7 Å². The monoisotopic (exact) mass is 688 g/mol. The first-order valence-electron chi connectivity index (χ1n) is 19.8. The second kappa shape index (κ2) is 10.1. The molecule has 2 aliphatic heterocycles. The van der Waals surface area contributed by atoms with E-state index in [-0.39, 0.29) is 27.3 Å². The molecule has 0 radical (unpaired) electrons. The van der Waals surface area contributed by atoms with Gasteiger partial charge in [-0.25, -0.2) is 0 Å². The summed E-state index contributed by atoms with van der Waals surface area (Å²) < 4.78 is 0. The molecule has 0 aromatic heterocycles. The summed E-state index contributed by atoms with van der Waals surface area (Å²) >= 11 is 0. The van der Waals surface area contributed by atoms with Gasteiger partial charge < -0.3 is 9.80 Å². The van der Waals surface area contributed by atoms with Gasteiger partial charge in [-0.2, -0.15) is 0 Å². The maximum absolute atomic E-state index is 2.63. The summed E-state index contributed by atoms with van der Waals surface area (Å²) in [4.78, 5) is 5.25. The molecule has 0 bridgehead atoms. The third kappa shape index (κ3) is 3.75. The minimum absolute atomic E-state index is 0.101. The number of anilines is 4. The average Bonchev–Trinajstić information content (AvgIpc) is 3.54. The zero-order valence-electron chi connectivity index (χ0n) is 31.9. The van der Waals surface area contributed by atoms with Gasteiger partial charge >= 0.3 is 0 Å². The van der Waals surface area contributed by atoms with Crippen molar-refractivity contribution in [2.24, 2.45) is 0 Å². The molecule has 2 fully saturated rings. The van der Waals surface area contributed by atoms with Crippen molar-refractivity contribution in [2.75, 3.05) is 9.80 Å². The number of hydrogen-bond acceptors (Lipinski definition) is 2. The fourth-order valence-electron chi connectivity index (χ4n) is 11.6. The lowest BCUT2D eigenvalue weighted by atomic mass is 9.55. The summed E-state index contributed by atoms with van der Waals surface area (Å²) in [6.07, 6.45) is 4.89. The summed E-state index contributed by atoms with van der Waals surface area (Å²) in [7, 11) is 0. The van der Waals surface area contributed by atoms with Gasteiger partial charge in [0.25, 0.3) is 0 Å². The highest BCUT2D eigenvalue weighted by molar-refractivity contribution is 5.88. The van der Waals surface area contributed by atoms with E-state index in [0.717, 1.165) is 0 Å². The predicted octanol–water partition coefficient (Wildman–Crippen LogP) is 13.3. The molecule has 11 rings (SSSR count). The van der Waals surface area contributed by atoms with E-state index in [1.54, 1.807) is 0 Å². The van der Waals surface area contributed by atoms with Crippen molar-refractivity contribution < 1.29 is 0 Å². The molecule has 2 nitrogen and oxygen atoms in total. The molecule has 0 saturated heterocycles. The van der Waals surface area contributed by atoms with Crippen LogP contribution in [0, 0.1) is 0 Å². The lowest BCUT2D eigenvalue weighted by Crippen LogP contribution is -2.60. The first kappa shape index (κ1) is 31.4. The molecular weight excluding hydrogens is 641 g/mol. The number of benzene rings is 6. The van der Waals surface area contributed by atoms with Crippen LogP contribution in [0.4, 0.5) is 22.7 Å². The van der Waals surface area contributed by atoms with Gasteiger partial charge in [0.05, 0.1) is 11.1 Å². The van der Waals surface area contributed by atoms with Gasteiger partial charge in [0, 0.05) is 39.0 Å². The standard InChI is InChI=1S/C51H48N2/c1-47(2)41-29-33(35-19-23-45-43(31-35)48(3)25-27-50(48,5)52(45)37-13-9-7-10-14-37)17-21-39(41)40-22-18-34(30-42(40)47)36-20-24-46-44(32-36)49(4)26-28-51(49,6)53(46)38-15-11-8-12-16-38/h7-24,29-32H,25-28H2,1-6H3. The van der Waals surface area contributed by atoms with Crippen molar-refractivity contribution in [2.45, 2.75) is 94.5 Å². The van der Waals surface area contributed by atoms with Crippen LogP contribution in [-0.4, -0.2) is 11.1 Å². The van der Waals surface area contributed by atoms with E-state index in [4.69, 9.17) is 0 Å². The van der Waals surface area contributed by atoms with Gasteiger partial charge in [0.2, 0.25) is 0 Å². The van der Waals surface area contributed by atoms with Crippen LogP contribution < -0.4 is 9.80 Å². The number of nitrogens with zero attached hydrogens (tertiary/aromatic N) is 2. The average molecular weight is 689 g/mol. The molecular formula is C51H48N2. The van der Waals surface area contributed by atoms with Gasteiger partial charge in [-0.3, -0.25) is 0 Å². The molecule has 0 spiro atoms. The van der Waals surface area contributed by atoms with E-state index < -0.39 is 0 Å². The van der Waals surface area contributed by atoms with Gasteiger partial charge in [-0.15, -0.1) is 0 Å². The first-order chi connectivity index (χ1) is 25.5. The topological polar surface area (TPSA) is 6.48 Å². The van der Waals surface area contributed by atoms with E-state index in [1.807, 2.05) is 0 Å². The zero-order chi connectivity index (χ0) is 36.1. The summed E-state index contributed by atoms with van der Waals surface area (Å²) in [5.74, 6) is 0. The maximum atomic E-state index is 2.63. The Morgan fingerprint density at radius 1 is 0.377 bits per heavy atom. The molecule has 0 amide bonds. The third-order valence-electron chi connectivity index (χ3n) is 15.6. The summed E-state index contributed by atoms with van der Waals surface area (Å²) in [5, 5.41) is 0. The Hall–Kier alpha value is -5.08. The van der Waals surface area contributed by atoms with Crippen molar-refractivity contribution in [3.63, 3.8) is 0 Å². The van der Waals surface area contributed by atoms with Crippen LogP contribution in [0.5, 0.6) is 0 Å². The Kier molecular flexibility index (Phi) is 6.00. The number of hydrogen-bond donors (Lipinski definition) is 0. The summed E-state index contributed by atoms with van der Waals surface area (Å²) in [6, 6.07) is 51.1. The highest BCUT2D eigenvalue weighted by Crippen LogP contribution is 2.67. The lowest BCUT2D eigenvalue weighted by molar-refractivity contribution is 0.133. The van der Waals surface area contributed by atoms with Gasteiger partial charge in [-0.05, 0) is 156 Å². The molecule has 53 heavy (non-hydrogen) atoms. The van der Waals surface area contributed by atoms with Gasteiger partial charge in [0.15, 0.2) is 0 Å². The zero-order valence-corrected chi connectivity index (χ0v) is 31.9. The second-order valence-electron chi connectivity index (χ2n) is 18.2. The van der Waals surface area contributed by atoms with Crippen LogP contribution in [0.3, 0.4) is 0 Å². The SMILES string of the molecule is CC1(C)c2cc(-c3ccc4c(c3)C3(C)CCC3(C)N4c3ccccc3)ccc2-c2ccc(-c3ccc4c(c3)C3(C)CCC3(C)N4c3ccccc3)cc21. The van der Waals surface area contributed by atoms with E-state index in [9.17, 15) is 0 Å². The molecule has 2 heteroatoms. The molecule has 4 atom stereocenters. The van der Waals surface area contributed by atoms with E-state index in [1.165, 1.54) is 104 Å². The molecule has 4 unspecified atom stereocenters. The third-order valence-corrected chi connectivity index (χ3v) is 15.6. The summed E-state index contributed by atoms with van der Waals surface area (Å²) in [6.45, 7) is 14.8. The Morgan fingerprint density at radius 3 is 1.09 bits per heavy atom. The Morgan fingerprint density at radius 2 is 0.736 bits per heavy atom. The largest absolute Gasteiger partial charge is 0.334 e. The van der Waals surface area contributed by atoms with E-state index in [0.29, 0.717) is 0 Å². The van der Waals surface area contributed by atoms with Crippen molar-refractivity contribution in [1.29, 1.82) is 0 Å². The Labute approximate surface area is 315 Å². The van der Waals surface area contributed by atoms with Crippen molar-refractivity contribution in [3.8, 4) is 33.4 Å². The van der Waals surface area contributed by atoms with Crippen LogP contribution in [0.2, 0.25) is 0 Å². The van der Waals surface area contributed by atoms with E-state index in [2.05, 4.69) is 185 Å². The number of para-hydroxylation sites is 2. The second-order valence-corrected chi connectivity index (χ2v) is 18.2. The minimum Gasteiger partial charge on any atom is -0.334 e. The smallest absolute Gasteiger partial charge is 0.0518 e. The quantitative estimate of drug-likeness (QED) is 0.182. The fraction of sp³-hybridized carbons (Fsp3) is 0.294. The Balaban J connectivity index is 0.952. The van der Waals surface area contributed by atoms with Gasteiger partial charge in [-0.1, -0.05) is 100 Å². The normalized spacial score (nSPS) is 27.9. The molecule has 6 aromatic rings. The molecule has 5 aliphatic rings. The fourth-order valence-corrected chi connectivity index (χ4v) is 11.6. The first-order valence-corrected chi connectivity index (χ1v) is 19.8.